The quantitative estimate of drug-likeness (QED) is 0.622. The highest BCUT2D eigenvalue weighted by atomic mass is 16.5. The van der Waals surface area contributed by atoms with Crippen molar-refractivity contribution >= 4 is 5.78 Å². The highest BCUT2D eigenvalue weighted by Gasteiger charge is 2.29. The summed E-state index contributed by atoms with van der Waals surface area (Å²) in [7, 11) is 0. The number of carbonyl (C=O) groups is 1. The molecule has 0 aromatic heterocycles. The summed E-state index contributed by atoms with van der Waals surface area (Å²) in [4.78, 5) is 12.0. The van der Waals surface area contributed by atoms with E-state index in [9.17, 15) is 4.79 Å². The molecular formula is C19H30O4. The van der Waals surface area contributed by atoms with Gasteiger partial charge in [0.25, 0.3) is 0 Å². The molecule has 0 atom stereocenters. The van der Waals surface area contributed by atoms with E-state index in [-0.39, 0.29) is 18.0 Å². The number of carbonyl (C=O) groups excluding carboxylic acids is 1. The smallest absolute Gasteiger partial charge is 0.189 e. The van der Waals surface area contributed by atoms with E-state index in [1.807, 2.05) is 51.1 Å². The molecule has 0 N–H and O–H groups in total. The molecule has 4 heteroatoms. The van der Waals surface area contributed by atoms with Crippen LogP contribution in [-0.4, -0.2) is 36.8 Å². The SMILES string of the molecule is CCOCC(=O)C(C)(C)OCCC(C)(C)OCc1ccccc1. The Balaban J connectivity index is 2.36. The van der Waals surface area contributed by atoms with Gasteiger partial charge in [0.2, 0.25) is 0 Å². The Labute approximate surface area is 140 Å². The van der Waals surface area contributed by atoms with Crippen molar-refractivity contribution in [1.29, 1.82) is 0 Å². The number of rotatable bonds is 11. The molecule has 0 saturated heterocycles. The number of ketones is 1. The lowest BCUT2D eigenvalue weighted by molar-refractivity contribution is -0.147. The van der Waals surface area contributed by atoms with Crippen LogP contribution in [0.15, 0.2) is 30.3 Å². The third-order valence-electron chi connectivity index (χ3n) is 3.75. The molecule has 0 fully saturated rings. The summed E-state index contributed by atoms with van der Waals surface area (Å²) in [6.45, 7) is 11.2. The molecule has 23 heavy (non-hydrogen) atoms. The first kappa shape index (κ1) is 19.8. The molecule has 1 aromatic rings. The van der Waals surface area contributed by atoms with E-state index in [2.05, 4.69) is 0 Å². The normalized spacial score (nSPS) is 12.4. The van der Waals surface area contributed by atoms with E-state index < -0.39 is 5.60 Å². The van der Waals surface area contributed by atoms with Crippen molar-refractivity contribution in [2.75, 3.05) is 19.8 Å². The maximum Gasteiger partial charge on any atom is 0.189 e. The molecule has 0 saturated carbocycles. The fourth-order valence-corrected chi connectivity index (χ4v) is 1.93. The summed E-state index contributed by atoms with van der Waals surface area (Å²) in [5, 5.41) is 0. The molecule has 0 spiro atoms. The summed E-state index contributed by atoms with van der Waals surface area (Å²) in [5.74, 6) is -0.0395. The van der Waals surface area contributed by atoms with Crippen molar-refractivity contribution < 1.29 is 19.0 Å². The van der Waals surface area contributed by atoms with Crippen molar-refractivity contribution in [1.82, 2.24) is 0 Å². The lowest BCUT2D eigenvalue weighted by Crippen LogP contribution is -2.39. The van der Waals surface area contributed by atoms with Gasteiger partial charge >= 0.3 is 0 Å². The molecule has 1 aromatic carbocycles. The minimum absolute atomic E-state index is 0.0395. The first-order valence-electron chi connectivity index (χ1n) is 8.20. The highest BCUT2D eigenvalue weighted by molar-refractivity contribution is 5.87. The second-order valence-electron chi connectivity index (χ2n) is 6.70. The van der Waals surface area contributed by atoms with Gasteiger partial charge in [-0.2, -0.15) is 0 Å². The number of hydrogen-bond acceptors (Lipinski definition) is 4. The van der Waals surface area contributed by atoms with Crippen LogP contribution in [0, 0.1) is 0 Å². The Kier molecular flexibility index (Phi) is 7.89. The maximum absolute atomic E-state index is 12.0. The van der Waals surface area contributed by atoms with Crippen LogP contribution in [-0.2, 0) is 25.6 Å². The van der Waals surface area contributed by atoms with Gasteiger partial charge in [0.05, 0.1) is 18.8 Å². The number of hydrogen-bond donors (Lipinski definition) is 0. The van der Waals surface area contributed by atoms with Gasteiger partial charge in [-0.05, 0) is 46.6 Å². The fraction of sp³-hybridized carbons (Fsp3) is 0.632. The van der Waals surface area contributed by atoms with Crippen LogP contribution in [0.25, 0.3) is 0 Å². The van der Waals surface area contributed by atoms with Gasteiger partial charge < -0.3 is 14.2 Å². The second kappa shape index (κ2) is 9.16. The van der Waals surface area contributed by atoms with Crippen LogP contribution in [0.2, 0.25) is 0 Å². The molecule has 0 aliphatic rings. The third-order valence-corrected chi connectivity index (χ3v) is 3.75. The molecule has 0 aliphatic heterocycles. The van der Waals surface area contributed by atoms with Gasteiger partial charge in [-0.3, -0.25) is 4.79 Å². The van der Waals surface area contributed by atoms with Crippen LogP contribution < -0.4 is 0 Å². The number of ether oxygens (including phenoxy) is 3. The van der Waals surface area contributed by atoms with E-state index in [1.165, 1.54) is 0 Å². The number of Topliss-reactive ketones (excluding diaryl/α,β-unsaturated/α-hetero) is 1. The standard InChI is InChI=1S/C19H30O4/c1-6-21-15-17(20)19(4,5)22-13-12-18(2,3)23-14-16-10-8-7-9-11-16/h7-11H,6,12-15H2,1-5H3. The summed E-state index contributed by atoms with van der Waals surface area (Å²) in [6, 6.07) is 10.1. The Morgan fingerprint density at radius 2 is 1.70 bits per heavy atom. The molecular weight excluding hydrogens is 292 g/mol. The monoisotopic (exact) mass is 322 g/mol. The Morgan fingerprint density at radius 1 is 1.04 bits per heavy atom. The molecule has 130 valence electrons. The van der Waals surface area contributed by atoms with Crippen LogP contribution in [0.4, 0.5) is 0 Å². The predicted octanol–water partition coefficient (Wildman–Crippen LogP) is 3.77. The Morgan fingerprint density at radius 3 is 2.30 bits per heavy atom. The Hall–Kier alpha value is -1.23. The van der Waals surface area contributed by atoms with E-state index in [0.717, 1.165) is 5.56 Å². The second-order valence-corrected chi connectivity index (χ2v) is 6.70. The maximum atomic E-state index is 12.0. The van der Waals surface area contributed by atoms with Crippen molar-refractivity contribution in [2.24, 2.45) is 0 Å². The molecule has 0 radical (unpaired) electrons. The summed E-state index contributed by atoms with van der Waals surface area (Å²) >= 11 is 0. The minimum Gasteiger partial charge on any atom is -0.374 e. The molecule has 4 nitrogen and oxygen atoms in total. The summed E-state index contributed by atoms with van der Waals surface area (Å²) in [5.41, 5.74) is 0.00764. The lowest BCUT2D eigenvalue weighted by atomic mass is 10.0. The third kappa shape index (κ3) is 7.73. The van der Waals surface area contributed by atoms with Gasteiger partial charge in [0.1, 0.15) is 12.2 Å². The first-order valence-corrected chi connectivity index (χ1v) is 8.20. The van der Waals surface area contributed by atoms with Gasteiger partial charge in [0.15, 0.2) is 5.78 Å². The zero-order valence-corrected chi connectivity index (χ0v) is 15.1. The average molecular weight is 322 g/mol. The van der Waals surface area contributed by atoms with E-state index >= 15 is 0 Å². The van der Waals surface area contributed by atoms with E-state index in [0.29, 0.717) is 26.2 Å². The van der Waals surface area contributed by atoms with Crippen LogP contribution in [0.3, 0.4) is 0 Å². The van der Waals surface area contributed by atoms with Crippen molar-refractivity contribution in [3.05, 3.63) is 35.9 Å². The summed E-state index contributed by atoms with van der Waals surface area (Å²) in [6.07, 6.45) is 0.713. The molecule has 0 bridgehead atoms. The first-order chi connectivity index (χ1) is 10.8. The van der Waals surface area contributed by atoms with Gasteiger partial charge in [-0.15, -0.1) is 0 Å². The number of benzene rings is 1. The predicted molar refractivity (Wildman–Crippen MR) is 91.5 cm³/mol. The highest BCUT2D eigenvalue weighted by Crippen LogP contribution is 2.20. The Bertz CT molecular complexity index is 466. The van der Waals surface area contributed by atoms with Crippen LogP contribution in [0.5, 0.6) is 0 Å². The average Bonchev–Trinajstić information content (AvgIpc) is 2.51. The van der Waals surface area contributed by atoms with Gasteiger partial charge in [-0.1, -0.05) is 30.3 Å². The molecule has 0 aliphatic carbocycles. The van der Waals surface area contributed by atoms with Crippen molar-refractivity contribution in [2.45, 2.75) is 58.8 Å². The van der Waals surface area contributed by atoms with E-state index in [1.54, 1.807) is 13.8 Å². The van der Waals surface area contributed by atoms with Crippen molar-refractivity contribution in [3.8, 4) is 0 Å². The minimum atomic E-state index is -0.829. The molecule has 1 rings (SSSR count). The summed E-state index contributed by atoms with van der Waals surface area (Å²) < 4.78 is 16.9. The zero-order chi connectivity index (χ0) is 17.3. The largest absolute Gasteiger partial charge is 0.374 e. The lowest BCUT2D eigenvalue weighted by Gasteiger charge is -2.29. The fourth-order valence-electron chi connectivity index (χ4n) is 1.93. The van der Waals surface area contributed by atoms with Crippen LogP contribution >= 0.6 is 0 Å². The molecule has 0 amide bonds. The van der Waals surface area contributed by atoms with Gasteiger partial charge in [-0.25, -0.2) is 0 Å². The molecule has 0 unspecified atom stereocenters. The van der Waals surface area contributed by atoms with E-state index in [4.69, 9.17) is 14.2 Å². The topological polar surface area (TPSA) is 44.8 Å². The molecule has 0 heterocycles. The van der Waals surface area contributed by atoms with Crippen LogP contribution in [0.1, 0.15) is 46.6 Å². The zero-order valence-electron chi connectivity index (χ0n) is 15.1. The van der Waals surface area contributed by atoms with Crippen molar-refractivity contribution in [3.63, 3.8) is 0 Å². The van der Waals surface area contributed by atoms with Gasteiger partial charge in [0, 0.05) is 6.61 Å².